The summed E-state index contributed by atoms with van der Waals surface area (Å²) >= 11 is 12.2. The summed E-state index contributed by atoms with van der Waals surface area (Å²) in [6.45, 7) is 3.03. The van der Waals surface area contributed by atoms with Gasteiger partial charge in [-0.15, -0.1) is 0 Å². The van der Waals surface area contributed by atoms with Crippen LogP contribution in [0.1, 0.15) is 25.0 Å². The summed E-state index contributed by atoms with van der Waals surface area (Å²) in [5.41, 5.74) is 1.82. The van der Waals surface area contributed by atoms with E-state index in [2.05, 4.69) is 5.32 Å². The molecule has 7 nitrogen and oxygen atoms in total. The number of aryl methyl sites for hydroxylation is 1. The highest BCUT2D eigenvalue weighted by Gasteiger charge is 2.33. The number of carbonyl (C=O) groups is 2. The monoisotopic (exact) mass is 561 g/mol. The third-order valence-corrected chi connectivity index (χ3v) is 8.51. The quantitative estimate of drug-likeness (QED) is 0.380. The highest BCUT2D eigenvalue weighted by molar-refractivity contribution is 7.92. The molecule has 0 saturated heterocycles. The van der Waals surface area contributed by atoms with Crippen LogP contribution >= 0.6 is 23.2 Å². The molecule has 0 saturated carbocycles. The zero-order valence-electron chi connectivity index (χ0n) is 20.8. The van der Waals surface area contributed by atoms with E-state index in [0.29, 0.717) is 27.7 Å². The predicted molar refractivity (Wildman–Crippen MR) is 147 cm³/mol. The number of anilines is 1. The molecule has 0 aliphatic rings. The van der Waals surface area contributed by atoms with Gasteiger partial charge in [-0.2, -0.15) is 0 Å². The van der Waals surface area contributed by atoms with Crippen molar-refractivity contribution in [2.75, 3.05) is 17.9 Å². The van der Waals surface area contributed by atoms with E-state index in [1.165, 1.54) is 24.1 Å². The number of likely N-dealkylation sites (N-methyl/N-ethyl adjacent to an activating group) is 1. The van der Waals surface area contributed by atoms with Gasteiger partial charge in [0.05, 0.1) is 20.6 Å². The predicted octanol–water partition coefficient (Wildman–Crippen LogP) is 4.91. The molecule has 0 fully saturated rings. The number of nitrogens with one attached hydrogen (secondary N) is 1. The Morgan fingerprint density at radius 1 is 0.946 bits per heavy atom. The molecule has 0 spiro atoms. The summed E-state index contributed by atoms with van der Waals surface area (Å²) in [5, 5.41) is 3.22. The first-order valence-electron chi connectivity index (χ1n) is 11.7. The smallest absolute Gasteiger partial charge is 0.264 e. The molecule has 3 aromatic rings. The van der Waals surface area contributed by atoms with Crippen LogP contribution in [0.4, 0.5) is 5.69 Å². The van der Waals surface area contributed by atoms with E-state index in [0.717, 1.165) is 9.87 Å². The van der Waals surface area contributed by atoms with Gasteiger partial charge >= 0.3 is 0 Å². The van der Waals surface area contributed by atoms with Crippen molar-refractivity contribution in [2.45, 2.75) is 37.8 Å². The number of sulfonamides is 1. The number of carbonyl (C=O) groups excluding carboxylic acids is 2. The van der Waals surface area contributed by atoms with E-state index in [1.807, 2.05) is 19.1 Å². The maximum absolute atomic E-state index is 13.8. The topological polar surface area (TPSA) is 86.8 Å². The molecule has 0 aromatic heterocycles. The second kappa shape index (κ2) is 12.4. The summed E-state index contributed by atoms with van der Waals surface area (Å²) in [5.74, 6) is -0.938. The van der Waals surface area contributed by atoms with Gasteiger partial charge in [0.15, 0.2) is 0 Å². The molecule has 0 aliphatic heterocycles. The second-order valence-electron chi connectivity index (χ2n) is 8.37. The minimum atomic E-state index is -4.11. The highest BCUT2D eigenvalue weighted by atomic mass is 35.5. The van der Waals surface area contributed by atoms with Crippen molar-refractivity contribution in [3.8, 4) is 0 Å². The Morgan fingerprint density at radius 3 is 2.22 bits per heavy atom. The standard InChI is InChI=1S/C27H29Cl2N3O4S/c1-4-21-10-8-9-13-25(21)32(37(35,36)22-11-6-5-7-12-22)18-26(33)31(19(2)27(34)30-3)17-20-14-15-23(28)24(29)16-20/h5-16,19H,4,17-18H2,1-3H3,(H,30,34)/t19-/m1/s1. The van der Waals surface area contributed by atoms with Crippen LogP contribution in [0.5, 0.6) is 0 Å². The molecule has 0 heterocycles. The second-order valence-corrected chi connectivity index (χ2v) is 11.0. The van der Waals surface area contributed by atoms with Gasteiger partial charge in [-0.1, -0.05) is 72.6 Å². The van der Waals surface area contributed by atoms with Crippen molar-refractivity contribution in [3.63, 3.8) is 0 Å². The molecule has 0 radical (unpaired) electrons. The van der Waals surface area contributed by atoms with Crippen LogP contribution in [0.15, 0.2) is 77.7 Å². The summed E-state index contributed by atoms with van der Waals surface area (Å²) in [4.78, 5) is 27.8. The van der Waals surface area contributed by atoms with Crippen LogP contribution in [0.2, 0.25) is 10.0 Å². The fraction of sp³-hybridized carbons (Fsp3) is 0.259. The molecule has 37 heavy (non-hydrogen) atoms. The Hall–Kier alpha value is -3.07. The van der Waals surface area contributed by atoms with E-state index in [1.54, 1.807) is 55.5 Å². The Morgan fingerprint density at radius 2 is 1.59 bits per heavy atom. The fourth-order valence-electron chi connectivity index (χ4n) is 3.91. The van der Waals surface area contributed by atoms with Crippen LogP contribution in [0, 0.1) is 0 Å². The number of hydrogen-bond acceptors (Lipinski definition) is 4. The lowest BCUT2D eigenvalue weighted by molar-refractivity contribution is -0.139. The number of halogens is 2. The summed E-state index contributed by atoms with van der Waals surface area (Å²) in [6.07, 6.45) is 0.562. The third kappa shape index (κ3) is 6.63. The molecule has 3 aromatic carbocycles. The zero-order valence-corrected chi connectivity index (χ0v) is 23.1. The largest absolute Gasteiger partial charge is 0.357 e. The van der Waals surface area contributed by atoms with E-state index < -0.39 is 28.5 Å². The van der Waals surface area contributed by atoms with Gasteiger partial charge in [-0.25, -0.2) is 8.42 Å². The SMILES string of the molecule is CCc1ccccc1N(CC(=O)N(Cc1ccc(Cl)c(Cl)c1)[C@H](C)C(=O)NC)S(=O)(=O)c1ccccc1. The summed E-state index contributed by atoms with van der Waals surface area (Å²) in [7, 11) is -2.63. The van der Waals surface area contributed by atoms with Crippen molar-refractivity contribution in [3.05, 3.63) is 94.0 Å². The number of rotatable bonds is 10. The summed E-state index contributed by atoms with van der Waals surface area (Å²) in [6, 6.07) is 19.1. The van der Waals surface area contributed by atoms with Gasteiger partial charge < -0.3 is 10.2 Å². The third-order valence-electron chi connectivity index (χ3n) is 6.00. The molecule has 0 aliphatic carbocycles. The average Bonchev–Trinajstić information content (AvgIpc) is 2.91. The maximum Gasteiger partial charge on any atom is 0.264 e. The van der Waals surface area contributed by atoms with Gasteiger partial charge in [0.1, 0.15) is 12.6 Å². The number of nitrogens with zero attached hydrogens (tertiary/aromatic N) is 2. The number of para-hydroxylation sites is 1. The number of hydrogen-bond donors (Lipinski definition) is 1. The molecular weight excluding hydrogens is 533 g/mol. The first-order chi connectivity index (χ1) is 17.6. The van der Waals surface area contributed by atoms with Crippen molar-refractivity contribution < 1.29 is 18.0 Å². The molecule has 0 unspecified atom stereocenters. The molecule has 2 amide bonds. The lowest BCUT2D eigenvalue weighted by atomic mass is 10.1. The minimum absolute atomic E-state index is 0.0267. The Bertz CT molecular complexity index is 1370. The van der Waals surface area contributed by atoms with E-state index >= 15 is 0 Å². The molecule has 3 rings (SSSR count). The lowest BCUT2D eigenvalue weighted by Gasteiger charge is -2.32. The van der Waals surface area contributed by atoms with Crippen LogP contribution < -0.4 is 9.62 Å². The normalized spacial score (nSPS) is 12.0. The molecular formula is C27H29Cl2N3O4S. The van der Waals surface area contributed by atoms with Crippen LogP contribution in [-0.2, 0) is 32.6 Å². The molecule has 1 atom stereocenters. The van der Waals surface area contributed by atoms with Gasteiger partial charge in [0.2, 0.25) is 11.8 Å². The van der Waals surface area contributed by atoms with Crippen LogP contribution in [-0.4, -0.2) is 44.8 Å². The van der Waals surface area contributed by atoms with Gasteiger partial charge in [-0.3, -0.25) is 13.9 Å². The van der Waals surface area contributed by atoms with Crippen molar-refractivity contribution in [1.82, 2.24) is 10.2 Å². The van der Waals surface area contributed by atoms with Crippen molar-refractivity contribution >= 4 is 50.7 Å². The first-order valence-corrected chi connectivity index (χ1v) is 13.9. The van der Waals surface area contributed by atoms with E-state index in [-0.39, 0.29) is 17.3 Å². The maximum atomic E-state index is 13.8. The van der Waals surface area contributed by atoms with E-state index in [9.17, 15) is 18.0 Å². The molecule has 10 heteroatoms. The summed E-state index contributed by atoms with van der Waals surface area (Å²) < 4.78 is 28.7. The molecule has 1 N–H and O–H groups in total. The minimum Gasteiger partial charge on any atom is -0.357 e. The lowest BCUT2D eigenvalue weighted by Crippen LogP contribution is -2.50. The Labute approximate surface area is 228 Å². The molecule has 196 valence electrons. The Kier molecular flexibility index (Phi) is 9.59. The zero-order chi connectivity index (χ0) is 27.2. The number of benzene rings is 3. The first kappa shape index (κ1) is 28.5. The highest BCUT2D eigenvalue weighted by Crippen LogP contribution is 2.28. The van der Waals surface area contributed by atoms with Crippen molar-refractivity contribution in [1.29, 1.82) is 0 Å². The van der Waals surface area contributed by atoms with E-state index in [4.69, 9.17) is 23.2 Å². The number of amides is 2. The molecule has 0 bridgehead atoms. The van der Waals surface area contributed by atoms with Crippen LogP contribution in [0.25, 0.3) is 0 Å². The average molecular weight is 563 g/mol. The van der Waals surface area contributed by atoms with Gasteiger partial charge in [-0.05, 0) is 54.8 Å². The van der Waals surface area contributed by atoms with Crippen LogP contribution in [0.3, 0.4) is 0 Å². The Balaban J connectivity index is 2.07. The van der Waals surface area contributed by atoms with Gasteiger partial charge in [0, 0.05) is 13.6 Å². The fourth-order valence-corrected chi connectivity index (χ4v) is 5.71. The van der Waals surface area contributed by atoms with Gasteiger partial charge in [0.25, 0.3) is 10.0 Å². The van der Waals surface area contributed by atoms with Crippen molar-refractivity contribution in [2.24, 2.45) is 0 Å².